The zero-order valence-electron chi connectivity index (χ0n) is 10.8. The molecule has 2 fully saturated rings. The van der Waals surface area contributed by atoms with Crippen molar-refractivity contribution in [2.45, 2.75) is 6.04 Å². The van der Waals surface area contributed by atoms with Crippen LogP contribution in [0.25, 0.3) is 0 Å². The maximum Gasteiger partial charge on any atom is 0.126 e. The van der Waals surface area contributed by atoms with Crippen molar-refractivity contribution in [3.8, 4) is 6.07 Å². The molecular formula is C14H17FN4. The van der Waals surface area contributed by atoms with Gasteiger partial charge in [0, 0.05) is 51.0 Å². The Kier molecular flexibility index (Phi) is 3.36. The van der Waals surface area contributed by atoms with E-state index in [4.69, 9.17) is 5.26 Å². The first-order chi connectivity index (χ1) is 9.26. The molecule has 2 saturated heterocycles. The molecule has 4 nitrogen and oxygen atoms in total. The fourth-order valence-corrected chi connectivity index (χ4v) is 2.77. The Hall–Kier alpha value is -1.64. The van der Waals surface area contributed by atoms with Crippen LogP contribution >= 0.6 is 0 Å². The average Bonchev–Trinajstić information content (AvgIpc) is 2.37. The van der Waals surface area contributed by atoms with Crippen molar-refractivity contribution in [1.82, 2.24) is 10.2 Å². The molecule has 2 heterocycles. The van der Waals surface area contributed by atoms with E-state index < -0.39 is 0 Å². The minimum absolute atomic E-state index is 0.334. The molecule has 19 heavy (non-hydrogen) atoms. The Labute approximate surface area is 112 Å². The molecule has 0 amide bonds. The Morgan fingerprint density at radius 1 is 1.21 bits per heavy atom. The number of hydrogen-bond acceptors (Lipinski definition) is 4. The highest BCUT2D eigenvalue weighted by molar-refractivity contribution is 5.54. The maximum absolute atomic E-state index is 13.4. The predicted octanol–water partition coefficient (Wildman–Crippen LogP) is 0.791. The number of nitriles is 1. The predicted molar refractivity (Wildman–Crippen MR) is 71.6 cm³/mol. The minimum Gasteiger partial charge on any atom is -0.368 e. The molecule has 0 bridgehead atoms. The molecule has 0 spiro atoms. The zero-order valence-corrected chi connectivity index (χ0v) is 10.8. The summed E-state index contributed by atoms with van der Waals surface area (Å²) in [7, 11) is 0. The van der Waals surface area contributed by atoms with Gasteiger partial charge in [-0.3, -0.25) is 4.90 Å². The lowest BCUT2D eigenvalue weighted by atomic mass is 10.0. The van der Waals surface area contributed by atoms with Crippen molar-refractivity contribution in [1.29, 1.82) is 5.26 Å². The van der Waals surface area contributed by atoms with Gasteiger partial charge in [0.15, 0.2) is 0 Å². The Morgan fingerprint density at radius 2 is 1.95 bits per heavy atom. The second-order valence-electron chi connectivity index (χ2n) is 5.15. The summed E-state index contributed by atoms with van der Waals surface area (Å²) >= 11 is 0. The van der Waals surface area contributed by atoms with Crippen LogP contribution in [0.5, 0.6) is 0 Å². The van der Waals surface area contributed by atoms with Crippen LogP contribution in [0.1, 0.15) is 5.56 Å². The topological polar surface area (TPSA) is 42.3 Å². The highest BCUT2D eigenvalue weighted by Crippen LogP contribution is 2.25. The molecule has 2 aliphatic heterocycles. The van der Waals surface area contributed by atoms with Crippen LogP contribution in [0.15, 0.2) is 18.2 Å². The van der Waals surface area contributed by atoms with E-state index in [0.717, 1.165) is 45.0 Å². The Balaban J connectivity index is 1.64. The molecule has 100 valence electrons. The van der Waals surface area contributed by atoms with Crippen molar-refractivity contribution in [3.05, 3.63) is 29.6 Å². The minimum atomic E-state index is -0.334. The van der Waals surface area contributed by atoms with Crippen molar-refractivity contribution in [2.24, 2.45) is 0 Å². The van der Waals surface area contributed by atoms with Gasteiger partial charge in [0.1, 0.15) is 5.82 Å². The summed E-state index contributed by atoms with van der Waals surface area (Å²) in [6.07, 6.45) is 0. The van der Waals surface area contributed by atoms with Gasteiger partial charge in [-0.15, -0.1) is 0 Å². The molecule has 0 unspecified atom stereocenters. The molecule has 1 N–H and O–H groups in total. The lowest BCUT2D eigenvalue weighted by molar-refractivity contribution is 0.147. The van der Waals surface area contributed by atoms with E-state index in [1.165, 1.54) is 12.1 Å². The van der Waals surface area contributed by atoms with Gasteiger partial charge in [0.25, 0.3) is 0 Å². The lowest BCUT2D eigenvalue weighted by Crippen LogP contribution is -2.62. The third kappa shape index (κ3) is 2.55. The summed E-state index contributed by atoms with van der Waals surface area (Å²) in [5, 5.41) is 12.2. The molecule has 0 atom stereocenters. The van der Waals surface area contributed by atoms with Crippen LogP contribution in [0.2, 0.25) is 0 Å². The van der Waals surface area contributed by atoms with E-state index in [1.807, 2.05) is 6.07 Å². The second kappa shape index (κ2) is 5.16. The number of nitrogens with one attached hydrogen (secondary N) is 1. The molecule has 3 rings (SSSR count). The summed E-state index contributed by atoms with van der Waals surface area (Å²) in [5.74, 6) is -0.334. The van der Waals surface area contributed by atoms with Crippen LogP contribution < -0.4 is 10.2 Å². The monoisotopic (exact) mass is 260 g/mol. The highest BCUT2D eigenvalue weighted by atomic mass is 19.1. The first-order valence-corrected chi connectivity index (χ1v) is 6.66. The third-order valence-electron chi connectivity index (χ3n) is 3.91. The van der Waals surface area contributed by atoms with E-state index >= 15 is 0 Å². The summed E-state index contributed by atoms with van der Waals surface area (Å²) in [6.45, 7) is 6.13. The molecule has 1 aromatic rings. The van der Waals surface area contributed by atoms with Crippen LogP contribution in [0.3, 0.4) is 0 Å². The standard InChI is InChI=1S/C14H17FN4/c15-12-5-11(8-16)6-13(7-12)19-9-14(10-19)18-3-1-17-2-4-18/h5-7,14,17H,1-4,9-10H2. The van der Waals surface area contributed by atoms with Crippen molar-refractivity contribution < 1.29 is 4.39 Å². The van der Waals surface area contributed by atoms with Crippen molar-refractivity contribution >= 4 is 5.69 Å². The van der Waals surface area contributed by atoms with Gasteiger partial charge in [-0.2, -0.15) is 5.26 Å². The SMILES string of the molecule is N#Cc1cc(F)cc(N2CC(N3CCNCC3)C2)c1. The van der Waals surface area contributed by atoms with Gasteiger partial charge in [0.2, 0.25) is 0 Å². The smallest absolute Gasteiger partial charge is 0.126 e. The largest absolute Gasteiger partial charge is 0.368 e. The van der Waals surface area contributed by atoms with Crippen LogP contribution in [-0.4, -0.2) is 50.2 Å². The molecule has 0 radical (unpaired) electrons. The summed E-state index contributed by atoms with van der Waals surface area (Å²) < 4.78 is 13.4. The van der Waals surface area contributed by atoms with E-state index in [1.54, 1.807) is 6.07 Å². The number of rotatable bonds is 2. The average molecular weight is 260 g/mol. The van der Waals surface area contributed by atoms with Crippen LogP contribution in [0, 0.1) is 17.1 Å². The molecule has 0 aromatic heterocycles. The summed E-state index contributed by atoms with van der Waals surface area (Å²) in [5.41, 5.74) is 1.21. The third-order valence-corrected chi connectivity index (χ3v) is 3.91. The quantitative estimate of drug-likeness (QED) is 0.854. The molecule has 2 aliphatic rings. The van der Waals surface area contributed by atoms with Crippen molar-refractivity contribution in [3.63, 3.8) is 0 Å². The summed E-state index contributed by atoms with van der Waals surface area (Å²) in [4.78, 5) is 4.62. The molecule has 1 aromatic carbocycles. The lowest BCUT2D eigenvalue weighted by Gasteiger charge is -2.48. The number of piperazine rings is 1. The number of nitrogens with zero attached hydrogens (tertiary/aromatic N) is 3. The number of hydrogen-bond donors (Lipinski definition) is 1. The van der Waals surface area contributed by atoms with Crippen LogP contribution in [-0.2, 0) is 0 Å². The second-order valence-corrected chi connectivity index (χ2v) is 5.15. The van der Waals surface area contributed by atoms with E-state index in [9.17, 15) is 4.39 Å². The molecular weight excluding hydrogens is 243 g/mol. The summed E-state index contributed by atoms with van der Waals surface area (Å²) in [6, 6.07) is 7.11. The van der Waals surface area contributed by atoms with E-state index in [0.29, 0.717) is 11.6 Å². The Morgan fingerprint density at radius 3 is 2.63 bits per heavy atom. The molecule has 0 saturated carbocycles. The van der Waals surface area contributed by atoms with Gasteiger partial charge in [-0.25, -0.2) is 4.39 Å². The fourth-order valence-electron chi connectivity index (χ4n) is 2.77. The van der Waals surface area contributed by atoms with Crippen LogP contribution in [0.4, 0.5) is 10.1 Å². The first kappa shape index (κ1) is 12.4. The number of anilines is 1. The van der Waals surface area contributed by atoms with E-state index in [-0.39, 0.29) is 5.82 Å². The van der Waals surface area contributed by atoms with Gasteiger partial charge in [-0.05, 0) is 18.2 Å². The van der Waals surface area contributed by atoms with Gasteiger partial charge in [0.05, 0.1) is 11.6 Å². The van der Waals surface area contributed by atoms with Gasteiger partial charge < -0.3 is 10.2 Å². The first-order valence-electron chi connectivity index (χ1n) is 6.66. The molecule has 0 aliphatic carbocycles. The van der Waals surface area contributed by atoms with Crippen molar-refractivity contribution in [2.75, 3.05) is 44.2 Å². The normalized spacial score (nSPS) is 20.9. The molecule has 5 heteroatoms. The van der Waals surface area contributed by atoms with E-state index in [2.05, 4.69) is 15.1 Å². The number of halogens is 1. The zero-order chi connectivity index (χ0) is 13.2. The number of benzene rings is 1. The highest BCUT2D eigenvalue weighted by Gasteiger charge is 2.32. The maximum atomic E-state index is 13.4. The Bertz CT molecular complexity index is 499. The van der Waals surface area contributed by atoms with Gasteiger partial charge in [-0.1, -0.05) is 0 Å². The fraction of sp³-hybridized carbons (Fsp3) is 0.500. The van der Waals surface area contributed by atoms with Gasteiger partial charge >= 0.3 is 0 Å².